The van der Waals surface area contributed by atoms with E-state index >= 15 is 0 Å². The van der Waals surface area contributed by atoms with Crippen LogP contribution in [0.4, 0.5) is 10.5 Å². The molecule has 0 saturated carbocycles. The normalized spacial score (nSPS) is 20.0. The lowest BCUT2D eigenvalue weighted by atomic mass is 9.97. The molecule has 4 heterocycles. The molecule has 1 unspecified atom stereocenters. The second-order valence-corrected chi connectivity index (χ2v) is 9.81. The standard InChI is InChI=1S/C27H27N5O5/c1-37-27(36)30-11-9-18(10-12-30)31-15-16(14-28-31)13-17-5-6-21-24-19(17)3-2-4-20(24)26(35)32(21)22-7-8-23(33)29-25(22)34/h2-6,14-15,18,22H,7-13H2,1H3,(H,29,33,34). The molecule has 1 aromatic heterocycles. The van der Waals surface area contributed by atoms with Crippen LogP contribution in [0.25, 0.3) is 10.8 Å². The minimum atomic E-state index is -0.699. The van der Waals surface area contributed by atoms with Crippen molar-refractivity contribution < 1.29 is 23.9 Å². The Hall–Kier alpha value is -4.21. The molecule has 2 fully saturated rings. The number of anilines is 1. The maximum atomic E-state index is 13.4. The molecule has 0 aliphatic carbocycles. The summed E-state index contributed by atoms with van der Waals surface area (Å²) in [5, 5.41) is 8.78. The van der Waals surface area contributed by atoms with Crippen molar-refractivity contribution in [1.82, 2.24) is 20.0 Å². The average Bonchev–Trinajstić information content (AvgIpc) is 3.49. The first kappa shape index (κ1) is 23.2. The van der Waals surface area contributed by atoms with Crippen molar-refractivity contribution in [3.8, 4) is 0 Å². The van der Waals surface area contributed by atoms with Crippen molar-refractivity contribution in [2.45, 2.75) is 44.2 Å². The second kappa shape index (κ2) is 9.02. The van der Waals surface area contributed by atoms with Gasteiger partial charge in [0.15, 0.2) is 0 Å². The third-order valence-electron chi connectivity index (χ3n) is 7.66. The van der Waals surface area contributed by atoms with E-state index in [9.17, 15) is 19.2 Å². The number of hydrogen-bond donors (Lipinski definition) is 1. The van der Waals surface area contributed by atoms with Crippen molar-refractivity contribution >= 4 is 40.3 Å². The summed E-state index contributed by atoms with van der Waals surface area (Å²) in [6.45, 7) is 1.28. The summed E-state index contributed by atoms with van der Waals surface area (Å²) in [5.74, 6) is -0.946. The second-order valence-electron chi connectivity index (χ2n) is 9.81. The van der Waals surface area contributed by atoms with E-state index in [1.54, 1.807) is 15.9 Å². The molecule has 4 amide bonds. The van der Waals surface area contributed by atoms with Crippen LogP contribution in [0.15, 0.2) is 42.7 Å². The molecule has 1 N–H and O–H groups in total. The fourth-order valence-electron chi connectivity index (χ4n) is 5.79. The van der Waals surface area contributed by atoms with Crippen molar-refractivity contribution in [3.05, 3.63) is 59.4 Å². The number of benzene rings is 2. The van der Waals surface area contributed by atoms with Gasteiger partial charge in [-0.3, -0.25) is 29.3 Å². The van der Waals surface area contributed by atoms with Crippen LogP contribution in [0.2, 0.25) is 0 Å². The van der Waals surface area contributed by atoms with E-state index in [1.807, 2.05) is 35.1 Å². The molecule has 2 saturated heterocycles. The SMILES string of the molecule is COC(=O)N1CCC(n2cc(Cc3ccc4c5c(cccc35)C(=O)N4C3CCC(=O)NC3=O)cn2)CC1. The molecule has 6 rings (SSSR count). The Labute approximate surface area is 213 Å². The van der Waals surface area contributed by atoms with Crippen LogP contribution in [0, 0.1) is 0 Å². The zero-order valence-corrected chi connectivity index (χ0v) is 20.5. The molecule has 10 nitrogen and oxygen atoms in total. The van der Waals surface area contributed by atoms with Crippen molar-refractivity contribution in [2.75, 3.05) is 25.1 Å². The van der Waals surface area contributed by atoms with Crippen LogP contribution in [-0.4, -0.2) is 64.7 Å². The summed E-state index contributed by atoms with van der Waals surface area (Å²) in [6, 6.07) is 9.11. The van der Waals surface area contributed by atoms with Crippen LogP contribution in [-0.2, 0) is 20.7 Å². The zero-order chi connectivity index (χ0) is 25.7. The van der Waals surface area contributed by atoms with Crippen molar-refractivity contribution in [1.29, 1.82) is 0 Å². The van der Waals surface area contributed by atoms with Gasteiger partial charge in [0.25, 0.3) is 5.91 Å². The highest BCUT2D eigenvalue weighted by atomic mass is 16.5. The number of likely N-dealkylation sites (tertiary alicyclic amines) is 1. The summed E-state index contributed by atoms with van der Waals surface area (Å²) < 4.78 is 6.81. The number of carbonyl (C=O) groups excluding carboxylic acids is 4. The highest BCUT2D eigenvalue weighted by molar-refractivity contribution is 6.27. The minimum Gasteiger partial charge on any atom is -0.453 e. The number of nitrogens with zero attached hydrogens (tertiary/aromatic N) is 4. The van der Waals surface area contributed by atoms with Gasteiger partial charge < -0.3 is 9.64 Å². The topological polar surface area (TPSA) is 114 Å². The quantitative estimate of drug-likeness (QED) is 0.550. The Morgan fingerprint density at radius 2 is 1.92 bits per heavy atom. The van der Waals surface area contributed by atoms with Gasteiger partial charge in [-0.2, -0.15) is 5.10 Å². The van der Waals surface area contributed by atoms with Gasteiger partial charge in [-0.1, -0.05) is 18.2 Å². The van der Waals surface area contributed by atoms with Crippen LogP contribution in [0.5, 0.6) is 0 Å². The van der Waals surface area contributed by atoms with E-state index in [0.29, 0.717) is 37.2 Å². The Morgan fingerprint density at radius 1 is 1.11 bits per heavy atom. The Bertz CT molecular complexity index is 1440. The number of rotatable bonds is 4. The highest BCUT2D eigenvalue weighted by Crippen LogP contribution is 2.41. The first-order chi connectivity index (χ1) is 17.9. The van der Waals surface area contributed by atoms with Gasteiger partial charge in [0, 0.05) is 43.1 Å². The van der Waals surface area contributed by atoms with Gasteiger partial charge in [0.2, 0.25) is 11.8 Å². The molecule has 37 heavy (non-hydrogen) atoms. The number of hydrogen-bond acceptors (Lipinski definition) is 6. The number of ether oxygens (including phenoxy) is 1. The van der Waals surface area contributed by atoms with Gasteiger partial charge in [0.1, 0.15) is 6.04 Å². The lowest BCUT2D eigenvalue weighted by Gasteiger charge is -2.30. The van der Waals surface area contributed by atoms with E-state index in [2.05, 4.69) is 16.6 Å². The molecule has 0 spiro atoms. The average molecular weight is 502 g/mol. The number of amides is 4. The molecule has 190 valence electrons. The fraction of sp³-hybridized carbons (Fsp3) is 0.370. The van der Waals surface area contributed by atoms with Crippen LogP contribution in [0.1, 0.15) is 53.2 Å². The Morgan fingerprint density at radius 3 is 2.68 bits per heavy atom. The van der Waals surface area contributed by atoms with Crippen LogP contribution >= 0.6 is 0 Å². The third kappa shape index (κ3) is 3.92. The molecular weight excluding hydrogens is 474 g/mol. The first-order valence-corrected chi connectivity index (χ1v) is 12.5. The molecule has 3 aromatic rings. The van der Waals surface area contributed by atoms with E-state index in [1.165, 1.54) is 7.11 Å². The van der Waals surface area contributed by atoms with Crippen molar-refractivity contribution in [3.63, 3.8) is 0 Å². The molecule has 0 bridgehead atoms. The number of nitrogens with one attached hydrogen (secondary N) is 1. The molecule has 10 heteroatoms. The Balaban J connectivity index is 1.25. The maximum Gasteiger partial charge on any atom is 0.409 e. The fourth-order valence-corrected chi connectivity index (χ4v) is 5.79. The summed E-state index contributed by atoms with van der Waals surface area (Å²) >= 11 is 0. The first-order valence-electron chi connectivity index (χ1n) is 12.5. The largest absolute Gasteiger partial charge is 0.453 e. The monoisotopic (exact) mass is 501 g/mol. The van der Waals surface area contributed by atoms with Crippen LogP contribution in [0.3, 0.4) is 0 Å². The van der Waals surface area contributed by atoms with E-state index in [4.69, 9.17) is 4.74 Å². The number of imide groups is 1. The number of methoxy groups -OCH3 is 1. The molecule has 1 atom stereocenters. The number of aromatic nitrogens is 2. The summed E-state index contributed by atoms with van der Waals surface area (Å²) in [7, 11) is 1.40. The third-order valence-corrected chi connectivity index (χ3v) is 7.66. The van der Waals surface area contributed by atoms with E-state index < -0.39 is 11.9 Å². The van der Waals surface area contributed by atoms with Gasteiger partial charge in [-0.05, 0) is 47.9 Å². The van der Waals surface area contributed by atoms with Gasteiger partial charge in [-0.15, -0.1) is 0 Å². The molecule has 0 radical (unpaired) electrons. The summed E-state index contributed by atoms with van der Waals surface area (Å²) in [6.07, 6.45) is 6.44. The Kier molecular flexibility index (Phi) is 5.66. The molecule has 3 aliphatic rings. The summed E-state index contributed by atoms with van der Waals surface area (Å²) in [5.41, 5.74) is 3.41. The minimum absolute atomic E-state index is 0.210. The maximum absolute atomic E-state index is 13.4. The van der Waals surface area contributed by atoms with Gasteiger partial charge in [-0.25, -0.2) is 4.79 Å². The van der Waals surface area contributed by atoms with Crippen molar-refractivity contribution in [2.24, 2.45) is 0 Å². The van der Waals surface area contributed by atoms with Gasteiger partial charge in [0.05, 0.1) is 25.0 Å². The molecular formula is C27H27N5O5. The lowest BCUT2D eigenvalue weighted by molar-refractivity contribution is -0.134. The predicted octanol–water partition coefficient (Wildman–Crippen LogP) is 2.80. The summed E-state index contributed by atoms with van der Waals surface area (Å²) in [4.78, 5) is 52.6. The lowest BCUT2D eigenvalue weighted by Crippen LogP contribution is -2.53. The zero-order valence-electron chi connectivity index (χ0n) is 20.5. The van der Waals surface area contributed by atoms with E-state index in [0.717, 1.165) is 34.7 Å². The highest BCUT2D eigenvalue weighted by Gasteiger charge is 2.40. The van der Waals surface area contributed by atoms with Crippen LogP contribution < -0.4 is 10.2 Å². The number of carbonyl (C=O) groups is 4. The van der Waals surface area contributed by atoms with E-state index in [-0.39, 0.29) is 30.4 Å². The molecule has 2 aromatic carbocycles. The molecule has 3 aliphatic heterocycles. The number of piperidine rings is 2. The van der Waals surface area contributed by atoms with Gasteiger partial charge >= 0.3 is 6.09 Å². The predicted molar refractivity (Wildman–Crippen MR) is 134 cm³/mol. The smallest absolute Gasteiger partial charge is 0.409 e.